The van der Waals surface area contributed by atoms with Crippen LogP contribution >= 0.6 is 0 Å². The second kappa shape index (κ2) is 9.07. The summed E-state index contributed by atoms with van der Waals surface area (Å²) >= 11 is 0. The summed E-state index contributed by atoms with van der Waals surface area (Å²) in [6.07, 6.45) is 12.1. The highest BCUT2D eigenvalue weighted by molar-refractivity contribution is 5.91. The van der Waals surface area contributed by atoms with Gasteiger partial charge in [0.05, 0.1) is 23.0 Å². The monoisotopic (exact) mass is 435 g/mol. The van der Waals surface area contributed by atoms with Gasteiger partial charge in [-0.15, -0.1) is 0 Å². The number of piperidine rings is 1. The molecule has 3 aromatic rings. The Morgan fingerprint density at radius 3 is 2.72 bits per heavy atom. The maximum Gasteiger partial charge on any atom is 0.142 e. The molecule has 0 saturated carbocycles. The molecule has 2 N–H and O–H groups in total. The third-order valence-corrected chi connectivity index (χ3v) is 6.45. The molecular formula is C22H29N9O. The number of aliphatic imine (C=N–C) groups is 1. The molecule has 5 heterocycles. The highest BCUT2D eigenvalue weighted by Crippen LogP contribution is 2.32. The molecule has 168 valence electrons. The van der Waals surface area contributed by atoms with Crippen molar-refractivity contribution >= 4 is 17.9 Å². The summed E-state index contributed by atoms with van der Waals surface area (Å²) in [7, 11) is 1.73. The molecule has 10 heteroatoms. The molecule has 2 saturated heterocycles. The Labute approximate surface area is 187 Å². The summed E-state index contributed by atoms with van der Waals surface area (Å²) < 4.78 is 7.38. The van der Waals surface area contributed by atoms with E-state index in [-0.39, 0.29) is 0 Å². The molecule has 0 amide bonds. The Morgan fingerprint density at radius 2 is 2.03 bits per heavy atom. The molecule has 2 aliphatic heterocycles. The number of nitrogen functional groups attached to an aromatic ring is 1. The zero-order valence-electron chi connectivity index (χ0n) is 18.4. The van der Waals surface area contributed by atoms with Crippen molar-refractivity contribution in [1.82, 2.24) is 29.6 Å². The van der Waals surface area contributed by atoms with Crippen molar-refractivity contribution in [3.05, 3.63) is 36.4 Å². The molecule has 0 atom stereocenters. The van der Waals surface area contributed by atoms with Gasteiger partial charge in [0, 0.05) is 51.6 Å². The second-order valence-corrected chi connectivity index (χ2v) is 8.43. The highest BCUT2D eigenvalue weighted by Gasteiger charge is 2.28. The van der Waals surface area contributed by atoms with Crippen molar-refractivity contribution in [2.45, 2.75) is 31.7 Å². The molecule has 5 rings (SSSR count). The predicted molar refractivity (Wildman–Crippen MR) is 123 cm³/mol. The van der Waals surface area contributed by atoms with Crippen LogP contribution in [0.15, 0.2) is 34.5 Å². The van der Waals surface area contributed by atoms with Crippen LogP contribution in [0.3, 0.4) is 0 Å². The van der Waals surface area contributed by atoms with Gasteiger partial charge in [-0.1, -0.05) is 5.16 Å². The third kappa shape index (κ3) is 4.10. The van der Waals surface area contributed by atoms with E-state index in [1.807, 2.05) is 0 Å². The Kier molecular flexibility index (Phi) is 5.85. The molecule has 0 radical (unpaired) electrons. The molecule has 32 heavy (non-hydrogen) atoms. The van der Waals surface area contributed by atoms with E-state index in [0.29, 0.717) is 11.7 Å². The smallest absolute Gasteiger partial charge is 0.142 e. The van der Waals surface area contributed by atoms with Crippen LogP contribution < -0.4 is 10.6 Å². The summed E-state index contributed by atoms with van der Waals surface area (Å²) in [5, 5.41) is 3.85. The Morgan fingerprint density at radius 1 is 1.19 bits per heavy atom. The quantitative estimate of drug-likeness (QED) is 0.561. The van der Waals surface area contributed by atoms with Crippen LogP contribution in [0.4, 0.5) is 11.6 Å². The number of nitrogens with two attached hydrogens (primary N) is 1. The van der Waals surface area contributed by atoms with Gasteiger partial charge in [-0.25, -0.2) is 15.0 Å². The van der Waals surface area contributed by atoms with Crippen LogP contribution in [0.5, 0.6) is 0 Å². The van der Waals surface area contributed by atoms with Crippen LogP contribution in [-0.4, -0.2) is 75.6 Å². The van der Waals surface area contributed by atoms with Gasteiger partial charge in [-0.3, -0.25) is 4.99 Å². The number of hydrogen-bond acceptors (Lipinski definition) is 9. The van der Waals surface area contributed by atoms with Crippen molar-refractivity contribution in [1.29, 1.82) is 0 Å². The van der Waals surface area contributed by atoms with Crippen LogP contribution in [0.25, 0.3) is 11.3 Å². The van der Waals surface area contributed by atoms with Gasteiger partial charge >= 0.3 is 0 Å². The van der Waals surface area contributed by atoms with Crippen LogP contribution in [0.2, 0.25) is 0 Å². The molecule has 0 aliphatic carbocycles. The average Bonchev–Trinajstić information content (AvgIpc) is 3.44. The Balaban J connectivity index is 1.34. The van der Waals surface area contributed by atoms with Crippen LogP contribution in [0.1, 0.15) is 36.6 Å². The normalized spacial score (nSPS) is 17.8. The second-order valence-electron chi connectivity index (χ2n) is 8.43. The SMILES string of the molecule is C/N=C/c1c(N)ncnc1N1CCC(c2nc(-c3cnoc3)cn2CCN2CCC2)CC1. The van der Waals surface area contributed by atoms with E-state index in [2.05, 4.69) is 40.7 Å². The van der Waals surface area contributed by atoms with Crippen molar-refractivity contribution in [2.75, 3.05) is 50.4 Å². The topological polar surface area (TPSA) is 114 Å². The lowest BCUT2D eigenvalue weighted by Crippen LogP contribution is -2.39. The number of hydrogen-bond donors (Lipinski definition) is 1. The zero-order chi connectivity index (χ0) is 21.9. The maximum absolute atomic E-state index is 6.08. The number of anilines is 2. The minimum atomic E-state index is 0.388. The fourth-order valence-corrected chi connectivity index (χ4v) is 4.51. The zero-order valence-corrected chi connectivity index (χ0v) is 18.4. The highest BCUT2D eigenvalue weighted by atomic mass is 16.5. The predicted octanol–water partition coefficient (Wildman–Crippen LogP) is 2.05. The van der Waals surface area contributed by atoms with Gasteiger partial charge in [-0.2, -0.15) is 0 Å². The first kappa shape index (κ1) is 20.6. The van der Waals surface area contributed by atoms with E-state index in [4.69, 9.17) is 15.2 Å². The van der Waals surface area contributed by atoms with Gasteiger partial charge in [0.25, 0.3) is 0 Å². The standard InChI is InChI=1S/C22H29N9O/c1-24-12-18-20(23)25-15-26-22(18)30-7-3-16(4-8-30)21-28-19(17-11-27-32-14-17)13-31(21)10-9-29-5-2-6-29/h11-16H,2-10H2,1H3,(H2,23,25,26)/b24-12+. The van der Waals surface area contributed by atoms with E-state index >= 15 is 0 Å². The lowest BCUT2D eigenvalue weighted by atomic mass is 9.95. The first-order chi connectivity index (χ1) is 15.7. The van der Waals surface area contributed by atoms with Gasteiger partial charge in [0.2, 0.25) is 0 Å². The lowest BCUT2D eigenvalue weighted by molar-refractivity contribution is 0.173. The molecular weight excluding hydrogens is 406 g/mol. The van der Waals surface area contributed by atoms with Crippen molar-refractivity contribution in [3.8, 4) is 11.3 Å². The number of nitrogens with zero attached hydrogens (tertiary/aromatic N) is 8. The van der Waals surface area contributed by atoms with Crippen molar-refractivity contribution in [2.24, 2.45) is 4.99 Å². The molecule has 2 fully saturated rings. The minimum absolute atomic E-state index is 0.388. The fourth-order valence-electron chi connectivity index (χ4n) is 4.51. The fraction of sp³-hybridized carbons (Fsp3) is 0.500. The summed E-state index contributed by atoms with van der Waals surface area (Å²) in [6, 6.07) is 0. The van der Waals surface area contributed by atoms with Gasteiger partial charge in [0.1, 0.15) is 30.1 Å². The summed E-state index contributed by atoms with van der Waals surface area (Å²) in [6.45, 7) is 6.18. The molecule has 2 aliphatic rings. The number of likely N-dealkylation sites (tertiary alicyclic amines) is 1. The van der Waals surface area contributed by atoms with E-state index in [9.17, 15) is 0 Å². The largest absolute Gasteiger partial charge is 0.383 e. The van der Waals surface area contributed by atoms with E-state index < -0.39 is 0 Å². The summed E-state index contributed by atoms with van der Waals surface area (Å²) in [4.78, 5) is 22.5. The minimum Gasteiger partial charge on any atom is -0.383 e. The van der Waals surface area contributed by atoms with E-state index in [0.717, 1.165) is 67.5 Å². The number of aromatic nitrogens is 5. The van der Waals surface area contributed by atoms with Crippen LogP contribution in [-0.2, 0) is 6.54 Å². The Bertz CT molecular complexity index is 1060. The molecule has 0 aromatic carbocycles. The summed E-state index contributed by atoms with van der Waals surface area (Å²) in [5.41, 5.74) is 8.72. The average molecular weight is 436 g/mol. The first-order valence-corrected chi connectivity index (χ1v) is 11.2. The van der Waals surface area contributed by atoms with Gasteiger partial charge in [0.15, 0.2) is 0 Å². The van der Waals surface area contributed by atoms with Gasteiger partial charge < -0.3 is 24.6 Å². The van der Waals surface area contributed by atoms with E-state index in [1.165, 1.54) is 25.8 Å². The summed E-state index contributed by atoms with van der Waals surface area (Å²) in [5.74, 6) is 2.85. The lowest BCUT2D eigenvalue weighted by Gasteiger charge is -2.34. The Hall–Kier alpha value is -3.27. The molecule has 0 unspecified atom stereocenters. The first-order valence-electron chi connectivity index (χ1n) is 11.2. The third-order valence-electron chi connectivity index (χ3n) is 6.45. The van der Waals surface area contributed by atoms with Crippen molar-refractivity contribution < 1.29 is 4.52 Å². The van der Waals surface area contributed by atoms with E-state index in [1.54, 1.807) is 25.7 Å². The number of rotatable bonds is 7. The van der Waals surface area contributed by atoms with Crippen molar-refractivity contribution in [3.63, 3.8) is 0 Å². The van der Waals surface area contributed by atoms with Gasteiger partial charge in [-0.05, 0) is 32.4 Å². The number of imidazole rings is 1. The maximum atomic E-state index is 6.08. The molecule has 0 bridgehead atoms. The van der Waals surface area contributed by atoms with Crippen LogP contribution in [0, 0.1) is 0 Å². The molecule has 0 spiro atoms. The molecule has 10 nitrogen and oxygen atoms in total. The molecule has 3 aromatic heterocycles.